The van der Waals surface area contributed by atoms with Crippen LogP contribution >= 0.6 is 23.5 Å². The number of fused-ring (bicyclic) bond motifs is 7. The summed E-state index contributed by atoms with van der Waals surface area (Å²) < 4.78 is 0. The van der Waals surface area contributed by atoms with Crippen LogP contribution in [-0.4, -0.2) is 0 Å². The van der Waals surface area contributed by atoms with Gasteiger partial charge in [-0.15, -0.1) is 0 Å². The summed E-state index contributed by atoms with van der Waals surface area (Å²) in [4.78, 5) is 10.3. The summed E-state index contributed by atoms with van der Waals surface area (Å²) in [5, 5.41) is 8.06. The fourth-order valence-corrected chi connectivity index (χ4v) is 12.7. The van der Waals surface area contributed by atoms with Gasteiger partial charge in [0.25, 0.3) is 0 Å². The third kappa shape index (κ3) is 4.91. The lowest BCUT2D eigenvalue weighted by Gasteiger charge is -2.36. The second-order valence-electron chi connectivity index (χ2n) is 17.7. The van der Waals surface area contributed by atoms with Crippen molar-refractivity contribution in [3.63, 3.8) is 0 Å². The summed E-state index contributed by atoms with van der Waals surface area (Å²) >= 11 is 3.78. The van der Waals surface area contributed by atoms with Crippen LogP contribution in [0.5, 0.6) is 0 Å². The number of hydrogen-bond donors (Lipinski definition) is 0. The maximum Gasteiger partial charge on any atom is 0.0605 e. The smallest absolute Gasteiger partial charge is 0.0605 e. The molecular weight excluding hydrogens is 753 g/mol. The molecule has 0 atom stereocenters. The Morgan fingerprint density at radius 1 is 0.390 bits per heavy atom. The van der Waals surface area contributed by atoms with Crippen molar-refractivity contribution in [2.24, 2.45) is 0 Å². The molecule has 286 valence electrons. The monoisotopic (exact) mass is 796 g/mol. The predicted octanol–water partition coefficient (Wildman–Crippen LogP) is 17.0. The molecule has 0 spiro atoms. The molecule has 0 unspecified atom stereocenters. The highest BCUT2D eigenvalue weighted by atomic mass is 32.2. The molecule has 2 aliphatic heterocycles. The molecule has 2 heterocycles. The Hall–Kier alpha value is -5.68. The number of anilines is 6. The zero-order chi connectivity index (χ0) is 39.9. The molecule has 2 nitrogen and oxygen atoms in total. The second kappa shape index (κ2) is 12.7. The van der Waals surface area contributed by atoms with Gasteiger partial charge in [-0.2, -0.15) is 0 Å². The highest BCUT2D eigenvalue weighted by Crippen LogP contribution is 2.60. The van der Waals surface area contributed by atoms with E-state index in [9.17, 15) is 0 Å². The summed E-state index contributed by atoms with van der Waals surface area (Å²) in [5.41, 5.74) is 15.7. The molecule has 4 heteroatoms. The quantitative estimate of drug-likeness (QED) is 0.164. The maximum absolute atomic E-state index is 2.61. The molecule has 9 aromatic carbocycles. The largest absolute Gasteiger partial charge is 0.308 e. The number of rotatable bonds is 4. The molecule has 3 aliphatic rings. The van der Waals surface area contributed by atoms with E-state index >= 15 is 0 Å². The van der Waals surface area contributed by atoms with Crippen LogP contribution in [0.4, 0.5) is 34.1 Å². The standard InChI is InChI=1S/C55H44N2S2/c1-31(2)36-27-34-24-26-45(57-43-19-11-14-22-49(43)59-50-29-38-35-15-7-8-16-39(35)55(5,6)40(38)30-46(50)57)54-37(32(3)4)28-33-23-25-44(53(36)51(33)52(34)54)56-41-17-9-12-20-47(41)58-48-21-13-10-18-42(48)56/h7-32H,1-6H3. The zero-order valence-electron chi connectivity index (χ0n) is 34.2. The van der Waals surface area contributed by atoms with Crippen molar-refractivity contribution in [1.29, 1.82) is 0 Å². The van der Waals surface area contributed by atoms with Gasteiger partial charge >= 0.3 is 0 Å². The molecule has 0 aromatic heterocycles. The average molecular weight is 797 g/mol. The number of hydrogen-bond acceptors (Lipinski definition) is 4. The van der Waals surface area contributed by atoms with Gasteiger partial charge in [-0.3, -0.25) is 0 Å². The first-order chi connectivity index (χ1) is 28.7. The van der Waals surface area contributed by atoms with Gasteiger partial charge in [0.1, 0.15) is 0 Å². The van der Waals surface area contributed by atoms with Gasteiger partial charge in [0.05, 0.1) is 34.1 Å². The van der Waals surface area contributed by atoms with Gasteiger partial charge in [-0.25, -0.2) is 0 Å². The first-order valence-electron chi connectivity index (χ1n) is 21.0. The normalized spacial score (nSPS) is 14.8. The minimum atomic E-state index is -0.103. The fourth-order valence-electron chi connectivity index (χ4n) is 10.5. The molecule has 0 saturated heterocycles. The van der Waals surface area contributed by atoms with E-state index in [0.717, 1.165) is 0 Å². The second-order valence-corrected chi connectivity index (χ2v) is 19.8. The highest BCUT2D eigenvalue weighted by Gasteiger charge is 2.39. The number of nitrogens with zero attached hydrogens (tertiary/aromatic N) is 2. The Morgan fingerprint density at radius 2 is 0.847 bits per heavy atom. The van der Waals surface area contributed by atoms with Crippen LogP contribution in [0.2, 0.25) is 0 Å². The van der Waals surface area contributed by atoms with E-state index in [4.69, 9.17) is 0 Å². The number of para-hydroxylation sites is 3. The van der Waals surface area contributed by atoms with E-state index < -0.39 is 0 Å². The minimum absolute atomic E-state index is 0.103. The van der Waals surface area contributed by atoms with Gasteiger partial charge < -0.3 is 9.80 Å². The van der Waals surface area contributed by atoms with E-state index in [1.165, 1.54) is 119 Å². The molecular formula is C55H44N2S2. The molecule has 1 aliphatic carbocycles. The summed E-state index contributed by atoms with van der Waals surface area (Å²) in [6.07, 6.45) is 0. The third-order valence-electron chi connectivity index (χ3n) is 13.3. The lowest BCUT2D eigenvalue weighted by atomic mass is 9.82. The summed E-state index contributed by atoms with van der Waals surface area (Å²) in [5.74, 6) is 0.635. The molecule has 12 rings (SSSR count). The van der Waals surface area contributed by atoms with Crippen LogP contribution in [0.15, 0.2) is 165 Å². The van der Waals surface area contributed by atoms with Gasteiger partial charge in [-0.05, 0) is 127 Å². The lowest BCUT2D eigenvalue weighted by molar-refractivity contribution is 0.660. The van der Waals surface area contributed by atoms with Gasteiger partial charge in [0.15, 0.2) is 0 Å². The van der Waals surface area contributed by atoms with Gasteiger partial charge in [-0.1, -0.05) is 150 Å². The molecule has 59 heavy (non-hydrogen) atoms. The van der Waals surface area contributed by atoms with Crippen molar-refractivity contribution < 1.29 is 0 Å². The van der Waals surface area contributed by atoms with Crippen molar-refractivity contribution in [3.05, 3.63) is 168 Å². The minimum Gasteiger partial charge on any atom is -0.308 e. The Labute approximate surface area is 355 Å². The summed E-state index contributed by atoms with van der Waals surface area (Å²) in [7, 11) is 0. The Morgan fingerprint density at radius 3 is 1.37 bits per heavy atom. The average Bonchev–Trinajstić information content (AvgIpc) is 3.47. The Balaban J connectivity index is 1.19. The van der Waals surface area contributed by atoms with Crippen molar-refractivity contribution >= 4 is 90.0 Å². The summed E-state index contributed by atoms with van der Waals surface area (Å²) in [6.45, 7) is 14.2. The predicted molar refractivity (Wildman–Crippen MR) is 253 cm³/mol. The highest BCUT2D eigenvalue weighted by molar-refractivity contribution is 8.00. The van der Waals surface area contributed by atoms with Crippen LogP contribution < -0.4 is 9.80 Å². The van der Waals surface area contributed by atoms with Gasteiger partial charge in [0.2, 0.25) is 0 Å². The molecule has 0 fully saturated rings. The molecule has 0 bridgehead atoms. The summed E-state index contributed by atoms with van der Waals surface area (Å²) in [6, 6.07) is 55.5. The SMILES string of the molecule is CC(C)c1cc2ccc(N3c4ccccc4Sc4cc5c(cc43)C(C)(C)c3ccccc3-5)c3c(C(C)C)cc4ccc(N5c6ccccc6Sc6ccccc65)c1c4c23. The van der Waals surface area contributed by atoms with E-state index in [1.807, 2.05) is 23.5 Å². The van der Waals surface area contributed by atoms with Gasteiger partial charge in [0, 0.05) is 35.8 Å². The van der Waals surface area contributed by atoms with Crippen LogP contribution in [0.3, 0.4) is 0 Å². The van der Waals surface area contributed by atoms with E-state index in [2.05, 4.69) is 197 Å². The topological polar surface area (TPSA) is 6.48 Å². The van der Waals surface area contributed by atoms with Crippen LogP contribution in [0, 0.1) is 0 Å². The fraction of sp³-hybridized carbons (Fsp3) is 0.164. The van der Waals surface area contributed by atoms with Crippen molar-refractivity contribution in [2.45, 2.75) is 78.4 Å². The molecule has 0 N–H and O–H groups in total. The molecule has 0 radical (unpaired) electrons. The van der Waals surface area contributed by atoms with E-state index in [0.29, 0.717) is 11.8 Å². The van der Waals surface area contributed by atoms with Crippen molar-refractivity contribution in [1.82, 2.24) is 0 Å². The number of benzene rings is 9. The maximum atomic E-state index is 2.61. The van der Waals surface area contributed by atoms with E-state index in [-0.39, 0.29) is 5.41 Å². The van der Waals surface area contributed by atoms with Crippen LogP contribution in [0.25, 0.3) is 43.4 Å². The Kier molecular flexibility index (Phi) is 7.57. The van der Waals surface area contributed by atoms with Crippen molar-refractivity contribution in [3.8, 4) is 11.1 Å². The van der Waals surface area contributed by atoms with Crippen LogP contribution in [-0.2, 0) is 5.41 Å². The van der Waals surface area contributed by atoms with Crippen molar-refractivity contribution in [2.75, 3.05) is 9.80 Å². The first kappa shape index (κ1) is 35.3. The third-order valence-corrected chi connectivity index (χ3v) is 15.5. The Bertz CT molecular complexity index is 3180. The molecule has 0 saturated carbocycles. The van der Waals surface area contributed by atoms with E-state index in [1.54, 1.807) is 0 Å². The lowest BCUT2D eigenvalue weighted by Crippen LogP contribution is -2.19. The molecule has 0 amide bonds. The zero-order valence-corrected chi connectivity index (χ0v) is 35.9. The molecule has 9 aromatic rings. The van der Waals surface area contributed by atoms with Crippen LogP contribution in [0.1, 0.15) is 75.6 Å². The first-order valence-corrected chi connectivity index (χ1v) is 22.6.